The Bertz CT molecular complexity index is 1000. The number of hydrogen-bond acceptors (Lipinski definition) is 6. The van der Waals surface area contributed by atoms with Crippen LogP contribution in [0.4, 0.5) is 0 Å². The van der Waals surface area contributed by atoms with Crippen molar-refractivity contribution < 1.29 is 24.9 Å². The number of aliphatic carboxylic acids is 2. The van der Waals surface area contributed by atoms with Crippen molar-refractivity contribution in [2.24, 2.45) is 5.73 Å². The van der Waals surface area contributed by atoms with E-state index in [4.69, 9.17) is 10.2 Å². The predicted molar refractivity (Wildman–Crippen MR) is 150 cm³/mol. The molecule has 9 nitrogen and oxygen atoms in total. The molecular formula is C29H44N4O5. The van der Waals surface area contributed by atoms with Crippen LogP contribution in [-0.4, -0.2) is 48.3 Å². The number of carbonyl (C=O) groups is 2. The summed E-state index contributed by atoms with van der Waals surface area (Å²) in [6.07, 6.45) is 14.9. The Morgan fingerprint density at radius 2 is 1.50 bits per heavy atom. The first-order valence-corrected chi connectivity index (χ1v) is 13.5. The summed E-state index contributed by atoms with van der Waals surface area (Å²) in [5.41, 5.74) is 6.18. The Balaban J connectivity index is 0.000000389. The number of nitrogens with zero attached hydrogens (tertiary/aromatic N) is 3. The predicted octanol–water partition coefficient (Wildman–Crippen LogP) is 5.36. The second-order valence-electron chi connectivity index (χ2n) is 9.15. The molecule has 0 saturated heterocycles. The molecule has 9 heteroatoms. The number of hydrogen-bond donors (Lipinski definition) is 4. The number of aliphatic hydroxyl groups excluding tert-OH is 1. The largest absolute Gasteiger partial charge is 0.480 e. The summed E-state index contributed by atoms with van der Waals surface area (Å²) in [7, 11) is 0. The number of benzene rings is 1. The fourth-order valence-corrected chi connectivity index (χ4v) is 3.77. The molecule has 0 saturated carbocycles. The third-order valence-corrected chi connectivity index (χ3v) is 5.80. The Labute approximate surface area is 225 Å². The summed E-state index contributed by atoms with van der Waals surface area (Å²) in [6.45, 7) is 3.51. The Morgan fingerprint density at radius 1 is 0.921 bits per heavy atom. The lowest BCUT2D eigenvalue weighted by Gasteiger charge is -2.05. The number of imidazole rings is 1. The van der Waals surface area contributed by atoms with Gasteiger partial charge in [0, 0.05) is 24.2 Å². The third-order valence-electron chi connectivity index (χ3n) is 5.80. The van der Waals surface area contributed by atoms with Gasteiger partial charge in [-0.25, -0.2) is 4.98 Å². The molecule has 210 valence electrons. The van der Waals surface area contributed by atoms with E-state index in [1.165, 1.54) is 50.3 Å². The van der Waals surface area contributed by atoms with E-state index < -0.39 is 18.0 Å². The van der Waals surface area contributed by atoms with Crippen molar-refractivity contribution in [3.63, 3.8) is 0 Å². The summed E-state index contributed by atoms with van der Waals surface area (Å²) in [6, 6.07) is 12.1. The average Bonchev–Trinajstić information content (AvgIpc) is 3.30. The highest BCUT2D eigenvalue weighted by Crippen LogP contribution is 2.15. The maximum absolute atomic E-state index is 10.9. The molecule has 3 rings (SSSR count). The quantitative estimate of drug-likeness (QED) is 0.204. The first-order chi connectivity index (χ1) is 18.3. The molecule has 0 bridgehead atoms. The Kier molecular flexibility index (Phi) is 17.0. The number of rotatable bonds is 14. The van der Waals surface area contributed by atoms with Gasteiger partial charge in [-0.15, -0.1) is 0 Å². The maximum atomic E-state index is 10.9. The molecule has 3 aromatic rings. The Morgan fingerprint density at radius 3 is 2.05 bits per heavy atom. The van der Waals surface area contributed by atoms with Crippen molar-refractivity contribution in [1.29, 1.82) is 0 Å². The number of fused-ring (bicyclic) bond motifs is 1. The van der Waals surface area contributed by atoms with Crippen LogP contribution in [0.25, 0.3) is 10.9 Å². The van der Waals surface area contributed by atoms with E-state index in [9.17, 15) is 14.7 Å². The van der Waals surface area contributed by atoms with Crippen molar-refractivity contribution in [1.82, 2.24) is 14.5 Å². The van der Waals surface area contributed by atoms with Gasteiger partial charge in [-0.05, 0) is 25.5 Å². The van der Waals surface area contributed by atoms with Crippen molar-refractivity contribution in [3.8, 4) is 0 Å². The van der Waals surface area contributed by atoms with Gasteiger partial charge in [0.15, 0.2) is 0 Å². The zero-order valence-corrected chi connectivity index (χ0v) is 22.8. The summed E-state index contributed by atoms with van der Waals surface area (Å²) in [5.74, 6) is -1.08. The number of carboxylic acids is 2. The van der Waals surface area contributed by atoms with Crippen molar-refractivity contribution in [3.05, 3.63) is 60.3 Å². The second-order valence-corrected chi connectivity index (χ2v) is 9.15. The van der Waals surface area contributed by atoms with Gasteiger partial charge < -0.3 is 25.6 Å². The van der Waals surface area contributed by atoms with Crippen LogP contribution in [0.5, 0.6) is 0 Å². The molecule has 1 atom stereocenters. The molecular weight excluding hydrogens is 484 g/mol. The zero-order chi connectivity index (χ0) is 28.2. The lowest BCUT2D eigenvalue weighted by Crippen LogP contribution is -2.11. The number of carboxylic acid groups (broad SMARTS) is 2. The van der Waals surface area contributed by atoms with Crippen molar-refractivity contribution in [2.75, 3.05) is 6.54 Å². The number of nitrogens with two attached hydrogens (primary N) is 1. The monoisotopic (exact) mass is 528 g/mol. The molecule has 0 fully saturated rings. The molecule has 5 N–H and O–H groups in total. The van der Waals surface area contributed by atoms with E-state index in [0.717, 1.165) is 30.6 Å². The lowest BCUT2D eigenvalue weighted by molar-refractivity contribution is -0.138. The van der Waals surface area contributed by atoms with Gasteiger partial charge in [0.25, 0.3) is 0 Å². The molecule has 1 unspecified atom stereocenters. The molecule has 0 aliphatic carbocycles. The second kappa shape index (κ2) is 19.8. The SMILES string of the molecule is CCCCCCCCCCCc1nc(C(C)O)cn1CC(=O)O.NCC(=O)O.c1ccc2ncccc2c1. The average molecular weight is 529 g/mol. The van der Waals surface area contributed by atoms with Gasteiger partial charge in [0.1, 0.15) is 12.4 Å². The molecule has 1 aromatic carbocycles. The van der Waals surface area contributed by atoms with Crippen LogP contribution in [0.3, 0.4) is 0 Å². The van der Waals surface area contributed by atoms with Gasteiger partial charge in [-0.3, -0.25) is 14.6 Å². The van der Waals surface area contributed by atoms with E-state index in [0.29, 0.717) is 5.69 Å². The topological polar surface area (TPSA) is 152 Å². The highest BCUT2D eigenvalue weighted by Gasteiger charge is 2.13. The van der Waals surface area contributed by atoms with Crippen LogP contribution in [-0.2, 0) is 22.6 Å². The smallest absolute Gasteiger partial charge is 0.323 e. The number of aryl methyl sites for hydroxylation is 1. The van der Waals surface area contributed by atoms with Crippen molar-refractivity contribution >= 4 is 22.8 Å². The normalized spacial score (nSPS) is 11.2. The molecule has 2 aromatic heterocycles. The van der Waals surface area contributed by atoms with E-state index in [1.807, 2.05) is 30.5 Å². The number of pyridine rings is 1. The minimum absolute atomic E-state index is 0.0908. The molecule has 0 radical (unpaired) electrons. The lowest BCUT2D eigenvalue weighted by atomic mass is 10.1. The van der Waals surface area contributed by atoms with Crippen LogP contribution in [0.2, 0.25) is 0 Å². The highest BCUT2D eigenvalue weighted by atomic mass is 16.4. The van der Waals surface area contributed by atoms with E-state index in [2.05, 4.69) is 34.8 Å². The number of aromatic nitrogens is 3. The summed E-state index contributed by atoms with van der Waals surface area (Å²) in [4.78, 5) is 28.7. The summed E-state index contributed by atoms with van der Waals surface area (Å²) < 4.78 is 1.65. The number of aliphatic hydroxyl groups is 1. The van der Waals surface area contributed by atoms with Gasteiger partial charge in [0.2, 0.25) is 0 Å². The van der Waals surface area contributed by atoms with E-state index in [1.54, 1.807) is 17.7 Å². The molecule has 0 aliphatic heterocycles. The minimum atomic E-state index is -0.968. The van der Waals surface area contributed by atoms with Gasteiger partial charge in [-0.2, -0.15) is 0 Å². The van der Waals surface area contributed by atoms with Crippen LogP contribution in [0.15, 0.2) is 48.8 Å². The molecule has 0 amide bonds. The van der Waals surface area contributed by atoms with E-state index >= 15 is 0 Å². The molecule has 2 heterocycles. The first kappa shape index (κ1) is 32.7. The van der Waals surface area contributed by atoms with E-state index in [-0.39, 0.29) is 13.1 Å². The first-order valence-electron chi connectivity index (χ1n) is 13.5. The maximum Gasteiger partial charge on any atom is 0.323 e. The molecule has 38 heavy (non-hydrogen) atoms. The molecule has 0 spiro atoms. The standard InChI is InChI=1S/C18H32N2O3.C9H7N.C2H5NO2/c1-3-4-5-6-7-8-9-10-11-12-17-19-16(15(2)21)13-20(17)14-18(22)23;1-2-6-9-8(4-1)5-3-7-10-9;3-1-2(4)5/h13,15,21H,3-12,14H2,1-2H3,(H,22,23);1-7H;1,3H2,(H,4,5). The summed E-state index contributed by atoms with van der Waals surface area (Å²) >= 11 is 0. The van der Waals surface area contributed by atoms with Gasteiger partial charge >= 0.3 is 11.9 Å². The number of unbranched alkanes of at least 4 members (excludes halogenated alkanes) is 8. The number of para-hydroxylation sites is 1. The van der Waals surface area contributed by atoms with Gasteiger partial charge in [-0.1, -0.05) is 82.6 Å². The van der Waals surface area contributed by atoms with Crippen LogP contribution in [0.1, 0.15) is 89.3 Å². The Hall–Kier alpha value is -3.30. The summed E-state index contributed by atoms with van der Waals surface area (Å²) in [5, 5.41) is 27.4. The van der Waals surface area contributed by atoms with Crippen LogP contribution in [0, 0.1) is 0 Å². The fourth-order valence-electron chi connectivity index (χ4n) is 3.77. The van der Waals surface area contributed by atoms with Crippen LogP contribution >= 0.6 is 0 Å². The molecule has 0 aliphatic rings. The highest BCUT2D eigenvalue weighted by molar-refractivity contribution is 5.77. The van der Waals surface area contributed by atoms with Gasteiger partial charge in [0.05, 0.1) is 23.9 Å². The minimum Gasteiger partial charge on any atom is -0.480 e. The third kappa shape index (κ3) is 14.4. The van der Waals surface area contributed by atoms with Crippen molar-refractivity contribution in [2.45, 2.75) is 90.7 Å². The van der Waals surface area contributed by atoms with Crippen LogP contribution < -0.4 is 5.73 Å². The zero-order valence-electron chi connectivity index (χ0n) is 22.8. The fraction of sp³-hybridized carbons (Fsp3) is 0.517.